The predicted octanol–water partition coefficient (Wildman–Crippen LogP) is 3.18. The lowest BCUT2D eigenvalue weighted by atomic mass is 10.2. The zero-order valence-electron chi connectivity index (χ0n) is 11.5. The fourth-order valence-corrected chi connectivity index (χ4v) is 4.60. The Hall–Kier alpha value is -1.93. The van der Waals surface area contributed by atoms with Crippen molar-refractivity contribution in [3.05, 3.63) is 51.4 Å². The summed E-state index contributed by atoms with van der Waals surface area (Å²) in [5, 5.41) is 12.6. The Morgan fingerprint density at radius 3 is 2.57 bits per heavy atom. The maximum absolute atomic E-state index is 12.6. The Bertz CT molecular complexity index is 754. The summed E-state index contributed by atoms with van der Waals surface area (Å²) >= 11 is 1.12. The van der Waals surface area contributed by atoms with Gasteiger partial charge in [0.25, 0.3) is 15.7 Å². The van der Waals surface area contributed by atoms with Crippen LogP contribution in [0.15, 0.2) is 39.9 Å². The number of nitro groups is 1. The molecule has 0 aliphatic carbocycles. The molecule has 1 aromatic heterocycles. The van der Waals surface area contributed by atoms with Gasteiger partial charge in [-0.3, -0.25) is 14.4 Å². The number of nitro benzene ring substituents is 1. The first-order chi connectivity index (χ1) is 9.87. The van der Waals surface area contributed by atoms with Crippen LogP contribution in [0.4, 0.5) is 11.4 Å². The molecule has 0 aliphatic heterocycles. The van der Waals surface area contributed by atoms with Crippen molar-refractivity contribution < 1.29 is 13.3 Å². The number of nitrogens with zero attached hydrogens (tertiary/aromatic N) is 2. The largest absolute Gasteiger partial charge is 0.273 e. The maximum Gasteiger partial charge on any atom is 0.273 e. The monoisotopic (exact) mass is 326 g/mol. The molecule has 0 radical (unpaired) electrons. The predicted molar refractivity (Wildman–Crippen MR) is 82.4 cm³/mol. The number of anilines is 1. The molecule has 6 nitrogen and oxygen atoms in total. The summed E-state index contributed by atoms with van der Waals surface area (Å²) < 4.78 is 26.7. The molecule has 0 unspecified atom stereocenters. The van der Waals surface area contributed by atoms with Crippen molar-refractivity contribution in [3.8, 4) is 0 Å². The molecular formula is C13H14N2O4S2. The van der Waals surface area contributed by atoms with E-state index < -0.39 is 14.9 Å². The van der Waals surface area contributed by atoms with E-state index in [1.165, 1.54) is 22.5 Å². The molecular weight excluding hydrogens is 312 g/mol. The fraction of sp³-hybridized carbons (Fsp3) is 0.231. The van der Waals surface area contributed by atoms with Gasteiger partial charge in [-0.2, -0.15) is 0 Å². The molecule has 21 heavy (non-hydrogen) atoms. The van der Waals surface area contributed by atoms with Crippen LogP contribution in [0.2, 0.25) is 0 Å². The average molecular weight is 326 g/mol. The molecule has 0 N–H and O–H groups in total. The number of sulfonamides is 1. The molecule has 2 rings (SSSR count). The molecule has 0 bridgehead atoms. The normalized spacial score (nSPS) is 11.3. The number of hydrogen-bond donors (Lipinski definition) is 0. The van der Waals surface area contributed by atoms with Gasteiger partial charge in [-0.1, -0.05) is 12.1 Å². The van der Waals surface area contributed by atoms with Crippen molar-refractivity contribution in [1.29, 1.82) is 0 Å². The van der Waals surface area contributed by atoms with Crippen LogP contribution in [0, 0.1) is 17.0 Å². The zero-order chi connectivity index (χ0) is 15.6. The first kappa shape index (κ1) is 15.5. The molecule has 0 saturated heterocycles. The van der Waals surface area contributed by atoms with Crippen LogP contribution >= 0.6 is 11.3 Å². The number of aryl methyl sites for hydroxylation is 1. The van der Waals surface area contributed by atoms with Crippen LogP contribution in [0.1, 0.15) is 12.5 Å². The molecule has 2 aromatic rings. The Labute approximate surface area is 126 Å². The lowest BCUT2D eigenvalue weighted by molar-refractivity contribution is -0.384. The summed E-state index contributed by atoms with van der Waals surface area (Å²) in [5.74, 6) is 0. The van der Waals surface area contributed by atoms with Crippen LogP contribution in [0.3, 0.4) is 0 Å². The average Bonchev–Trinajstić information content (AvgIpc) is 2.95. The molecule has 1 heterocycles. The third kappa shape index (κ3) is 2.91. The van der Waals surface area contributed by atoms with E-state index in [0.29, 0.717) is 11.3 Å². The van der Waals surface area contributed by atoms with Crippen LogP contribution in [0.5, 0.6) is 0 Å². The lowest BCUT2D eigenvalue weighted by Gasteiger charge is -2.23. The minimum atomic E-state index is -3.70. The second kappa shape index (κ2) is 5.82. The SMILES string of the molecule is CCN(c1cc([N+](=O)[O-])ccc1C)S(=O)(=O)c1cccs1. The van der Waals surface area contributed by atoms with E-state index in [9.17, 15) is 18.5 Å². The quantitative estimate of drug-likeness (QED) is 0.624. The van der Waals surface area contributed by atoms with Gasteiger partial charge in [0.15, 0.2) is 0 Å². The first-order valence-corrected chi connectivity index (χ1v) is 8.51. The molecule has 1 aromatic carbocycles. The highest BCUT2D eigenvalue weighted by atomic mass is 32.2. The van der Waals surface area contributed by atoms with Crippen molar-refractivity contribution in [1.82, 2.24) is 0 Å². The van der Waals surface area contributed by atoms with Gasteiger partial charge in [-0.05, 0) is 30.9 Å². The third-order valence-electron chi connectivity index (χ3n) is 3.00. The van der Waals surface area contributed by atoms with E-state index in [1.807, 2.05) is 0 Å². The fourth-order valence-electron chi connectivity index (χ4n) is 1.97. The van der Waals surface area contributed by atoms with Crippen molar-refractivity contribution >= 4 is 32.7 Å². The number of thiophene rings is 1. The van der Waals surface area contributed by atoms with E-state index in [1.54, 1.807) is 31.4 Å². The Kier molecular flexibility index (Phi) is 4.29. The minimum Gasteiger partial charge on any atom is -0.265 e. The van der Waals surface area contributed by atoms with Gasteiger partial charge in [0.1, 0.15) is 4.21 Å². The highest BCUT2D eigenvalue weighted by molar-refractivity contribution is 7.94. The summed E-state index contributed by atoms with van der Waals surface area (Å²) in [5.41, 5.74) is 0.873. The Morgan fingerprint density at radius 1 is 1.33 bits per heavy atom. The van der Waals surface area contributed by atoms with Crippen LogP contribution < -0.4 is 4.31 Å². The van der Waals surface area contributed by atoms with Gasteiger partial charge >= 0.3 is 0 Å². The summed E-state index contributed by atoms with van der Waals surface area (Å²) in [7, 11) is -3.70. The van der Waals surface area contributed by atoms with Crippen molar-refractivity contribution in [2.45, 2.75) is 18.1 Å². The maximum atomic E-state index is 12.6. The van der Waals surface area contributed by atoms with Gasteiger partial charge < -0.3 is 0 Å². The van der Waals surface area contributed by atoms with Crippen LogP contribution in [-0.2, 0) is 10.0 Å². The van der Waals surface area contributed by atoms with Crippen LogP contribution in [-0.4, -0.2) is 19.9 Å². The summed E-state index contributed by atoms with van der Waals surface area (Å²) in [6, 6.07) is 7.40. The molecule has 0 fully saturated rings. The summed E-state index contributed by atoms with van der Waals surface area (Å²) in [6.07, 6.45) is 0. The van der Waals surface area contributed by atoms with E-state index >= 15 is 0 Å². The number of non-ortho nitro benzene ring substituents is 1. The van der Waals surface area contributed by atoms with E-state index in [-0.39, 0.29) is 16.4 Å². The third-order valence-corrected chi connectivity index (χ3v) is 6.26. The van der Waals surface area contributed by atoms with Crippen molar-refractivity contribution in [3.63, 3.8) is 0 Å². The van der Waals surface area contributed by atoms with Gasteiger partial charge in [0.05, 0.1) is 10.6 Å². The van der Waals surface area contributed by atoms with Crippen LogP contribution in [0.25, 0.3) is 0 Å². The number of hydrogen-bond acceptors (Lipinski definition) is 5. The van der Waals surface area contributed by atoms with Crippen molar-refractivity contribution in [2.24, 2.45) is 0 Å². The van der Waals surface area contributed by atoms with Crippen molar-refractivity contribution in [2.75, 3.05) is 10.8 Å². The molecule has 0 spiro atoms. The molecule has 112 valence electrons. The first-order valence-electron chi connectivity index (χ1n) is 6.19. The number of rotatable bonds is 5. The topological polar surface area (TPSA) is 80.5 Å². The summed E-state index contributed by atoms with van der Waals surface area (Å²) in [4.78, 5) is 10.4. The smallest absolute Gasteiger partial charge is 0.265 e. The van der Waals surface area contributed by atoms with E-state index in [2.05, 4.69) is 0 Å². The van der Waals surface area contributed by atoms with Gasteiger partial charge in [0.2, 0.25) is 0 Å². The molecule has 0 amide bonds. The number of benzene rings is 1. The molecule has 0 aliphatic rings. The zero-order valence-corrected chi connectivity index (χ0v) is 13.1. The van der Waals surface area contributed by atoms with E-state index in [0.717, 1.165) is 11.3 Å². The molecule has 8 heteroatoms. The highest BCUT2D eigenvalue weighted by Crippen LogP contribution is 2.31. The van der Waals surface area contributed by atoms with Gasteiger partial charge in [-0.25, -0.2) is 8.42 Å². The molecule has 0 atom stereocenters. The summed E-state index contributed by atoms with van der Waals surface area (Å²) in [6.45, 7) is 3.62. The van der Waals surface area contributed by atoms with Gasteiger partial charge in [-0.15, -0.1) is 11.3 Å². The Morgan fingerprint density at radius 2 is 2.05 bits per heavy atom. The molecule has 0 saturated carbocycles. The minimum absolute atomic E-state index is 0.129. The Balaban J connectivity index is 2.57. The second-order valence-electron chi connectivity index (χ2n) is 4.33. The second-order valence-corrected chi connectivity index (χ2v) is 7.37. The van der Waals surface area contributed by atoms with E-state index in [4.69, 9.17) is 0 Å². The highest BCUT2D eigenvalue weighted by Gasteiger charge is 2.26. The van der Waals surface area contributed by atoms with Gasteiger partial charge in [0, 0.05) is 18.7 Å². The standard InChI is InChI=1S/C13H14N2O4S2/c1-3-14(21(18,19)13-5-4-8-20-13)12-9-11(15(16)17)7-6-10(12)2/h4-9H,3H2,1-2H3. The lowest BCUT2D eigenvalue weighted by Crippen LogP contribution is -2.30.